The number of rotatable bonds is 9. The summed E-state index contributed by atoms with van der Waals surface area (Å²) in [5.74, 6) is -1.80. The number of nitrogens with two attached hydrogens (primary N) is 1. The molecule has 0 aliphatic carbocycles. The summed E-state index contributed by atoms with van der Waals surface area (Å²) in [5, 5.41) is 16.5. The van der Waals surface area contributed by atoms with Crippen molar-refractivity contribution in [2.24, 2.45) is 5.73 Å². The van der Waals surface area contributed by atoms with E-state index in [1.54, 1.807) is 6.20 Å². The Morgan fingerprint density at radius 1 is 1.03 bits per heavy atom. The number of aliphatic carboxylic acids is 1. The van der Waals surface area contributed by atoms with Gasteiger partial charge in [-0.15, -0.1) is 0 Å². The zero-order valence-corrected chi connectivity index (χ0v) is 19.4. The van der Waals surface area contributed by atoms with Gasteiger partial charge in [0.1, 0.15) is 11.9 Å². The van der Waals surface area contributed by atoms with E-state index in [9.17, 15) is 18.0 Å². The smallest absolute Gasteiger partial charge is 0.475 e. The minimum atomic E-state index is -5.08. The van der Waals surface area contributed by atoms with Crippen LogP contribution in [0.5, 0.6) is 0 Å². The molecule has 1 aromatic heterocycles. The second kappa shape index (κ2) is 13.6. The van der Waals surface area contributed by atoms with Gasteiger partial charge in [0.2, 0.25) is 11.9 Å². The maximum Gasteiger partial charge on any atom is 0.490 e. The number of nitrogens with zero attached hydrogens (tertiary/aromatic N) is 2. The lowest BCUT2D eigenvalue weighted by Gasteiger charge is -2.20. The highest BCUT2D eigenvalue weighted by Crippen LogP contribution is 2.19. The van der Waals surface area contributed by atoms with E-state index in [2.05, 4.69) is 25.9 Å². The number of carbonyl (C=O) groups excluding carboxylic acids is 1. The Morgan fingerprint density at radius 2 is 1.58 bits per heavy atom. The van der Waals surface area contributed by atoms with Gasteiger partial charge in [-0.05, 0) is 50.6 Å². The standard InChI is InChI=1S/C22H26N6O.C2HF3O2/c1-16-15-24-22(26-18-11-6-3-7-12-18)28-20(16)27-19(13-8-14-23)21(29)25-17-9-4-2-5-10-17;3-2(4,5)1(6)7/h2-7,9-12,15,19H,8,13-14,23H2,1H3,(H,25,29)(H2,24,26,27,28);(H,6,7)/t19-;/m0./s1. The summed E-state index contributed by atoms with van der Waals surface area (Å²) in [6.07, 6.45) is -2.03. The highest BCUT2D eigenvalue weighted by atomic mass is 19.4. The second-order valence-corrected chi connectivity index (χ2v) is 7.50. The average molecular weight is 505 g/mol. The Hall–Kier alpha value is -4.19. The molecule has 3 aromatic rings. The molecule has 6 N–H and O–H groups in total. The predicted octanol–water partition coefficient (Wildman–Crippen LogP) is 4.32. The summed E-state index contributed by atoms with van der Waals surface area (Å²) in [4.78, 5) is 30.6. The second-order valence-electron chi connectivity index (χ2n) is 7.50. The first kappa shape index (κ1) is 28.1. The fraction of sp³-hybridized carbons (Fsp3) is 0.250. The van der Waals surface area contributed by atoms with Crippen molar-refractivity contribution in [1.82, 2.24) is 9.97 Å². The molecule has 3 rings (SSSR count). The highest BCUT2D eigenvalue weighted by molar-refractivity contribution is 5.96. The van der Waals surface area contributed by atoms with Crippen LogP contribution in [-0.4, -0.2) is 45.7 Å². The number of carboxylic acid groups (broad SMARTS) is 1. The largest absolute Gasteiger partial charge is 0.490 e. The number of aromatic nitrogens is 2. The fourth-order valence-corrected chi connectivity index (χ4v) is 2.81. The number of alkyl halides is 3. The number of hydrogen-bond donors (Lipinski definition) is 5. The first-order valence-corrected chi connectivity index (χ1v) is 10.9. The lowest BCUT2D eigenvalue weighted by molar-refractivity contribution is -0.192. The molecule has 0 saturated carbocycles. The molecule has 2 aromatic carbocycles. The van der Waals surface area contributed by atoms with E-state index in [1.807, 2.05) is 67.6 Å². The van der Waals surface area contributed by atoms with Gasteiger partial charge in [0.15, 0.2) is 0 Å². The molecule has 0 saturated heterocycles. The first-order valence-electron chi connectivity index (χ1n) is 10.9. The molecular weight excluding hydrogens is 477 g/mol. The van der Waals surface area contributed by atoms with E-state index in [1.165, 1.54) is 0 Å². The monoisotopic (exact) mass is 504 g/mol. The van der Waals surface area contributed by atoms with E-state index in [0.29, 0.717) is 24.7 Å². The third kappa shape index (κ3) is 9.58. The van der Waals surface area contributed by atoms with Gasteiger partial charge in [0, 0.05) is 23.1 Å². The summed E-state index contributed by atoms with van der Waals surface area (Å²) in [5.41, 5.74) is 8.17. The number of nitrogens with one attached hydrogen (secondary N) is 3. The van der Waals surface area contributed by atoms with Crippen LogP contribution >= 0.6 is 0 Å². The molecule has 9 nitrogen and oxygen atoms in total. The summed E-state index contributed by atoms with van der Waals surface area (Å²) in [7, 11) is 0. The van der Waals surface area contributed by atoms with Gasteiger partial charge in [0.05, 0.1) is 0 Å². The Morgan fingerprint density at radius 3 is 2.11 bits per heavy atom. The van der Waals surface area contributed by atoms with Crippen molar-refractivity contribution in [3.05, 3.63) is 72.4 Å². The van der Waals surface area contributed by atoms with Crippen LogP contribution in [0.25, 0.3) is 0 Å². The molecule has 0 fully saturated rings. The lowest BCUT2D eigenvalue weighted by atomic mass is 10.1. The lowest BCUT2D eigenvalue weighted by Crippen LogP contribution is -2.35. The number of anilines is 4. The van der Waals surface area contributed by atoms with Crippen molar-refractivity contribution in [2.75, 3.05) is 22.5 Å². The Kier molecular flexibility index (Phi) is 10.6. The molecule has 0 unspecified atom stereocenters. The maximum absolute atomic E-state index is 12.8. The van der Waals surface area contributed by atoms with Crippen molar-refractivity contribution >= 4 is 35.0 Å². The third-order valence-corrected chi connectivity index (χ3v) is 4.61. The minimum absolute atomic E-state index is 0.125. The van der Waals surface area contributed by atoms with Gasteiger partial charge < -0.3 is 26.8 Å². The Labute approximate surface area is 206 Å². The number of hydrogen-bond acceptors (Lipinski definition) is 7. The maximum atomic E-state index is 12.8. The SMILES string of the molecule is Cc1cnc(Nc2ccccc2)nc1N[C@@H](CCCN)C(=O)Nc1ccccc1.O=C(O)C(F)(F)F. The number of halogens is 3. The molecule has 1 amide bonds. The van der Waals surface area contributed by atoms with Gasteiger partial charge >= 0.3 is 12.1 Å². The first-order chi connectivity index (χ1) is 17.1. The van der Waals surface area contributed by atoms with Gasteiger partial charge in [-0.3, -0.25) is 4.79 Å². The van der Waals surface area contributed by atoms with Gasteiger partial charge in [-0.2, -0.15) is 18.2 Å². The van der Waals surface area contributed by atoms with Crippen LogP contribution in [0.4, 0.5) is 36.3 Å². The number of para-hydroxylation sites is 2. The molecule has 1 atom stereocenters. The van der Waals surface area contributed by atoms with Gasteiger partial charge in [0.25, 0.3) is 0 Å². The molecule has 0 aliphatic heterocycles. The predicted molar refractivity (Wildman–Crippen MR) is 131 cm³/mol. The molecule has 0 aliphatic rings. The van der Waals surface area contributed by atoms with Crippen LogP contribution in [0.1, 0.15) is 18.4 Å². The average Bonchev–Trinajstić information content (AvgIpc) is 2.84. The van der Waals surface area contributed by atoms with Crippen LogP contribution in [0.2, 0.25) is 0 Å². The molecule has 0 radical (unpaired) electrons. The van der Waals surface area contributed by atoms with Crippen molar-refractivity contribution in [3.8, 4) is 0 Å². The number of carbonyl (C=O) groups is 2. The van der Waals surface area contributed by atoms with E-state index in [0.717, 1.165) is 23.4 Å². The number of benzene rings is 2. The van der Waals surface area contributed by atoms with E-state index >= 15 is 0 Å². The Balaban J connectivity index is 0.000000572. The molecule has 192 valence electrons. The molecule has 0 spiro atoms. The summed E-state index contributed by atoms with van der Waals surface area (Å²) in [6, 6.07) is 18.6. The van der Waals surface area contributed by atoms with Crippen molar-refractivity contribution in [2.45, 2.75) is 32.0 Å². The topological polar surface area (TPSA) is 142 Å². The number of aryl methyl sites for hydroxylation is 1. The van der Waals surface area contributed by atoms with Crippen molar-refractivity contribution < 1.29 is 27.9 Å². The molecule has 1 heterocycles. The van der Waals surface area contributed by atoms with Crippen LogP contribution in [0, 0.1) is 6.92 Å². The van der Waals surface area contributed by atoms with Crippen LogP contribution in [0.15, 0.2) is 66.9 Å². The normalized spacial score (nSPS) is 11.5. The molecule has 12 heteroatoms. The molecular formula is C24H27F3N6O3. The third-order valence-electron chi connectivity index (χ3n) is 4.61. The Bertz CT molecular complexity index is 1120. The number of carboxylic acids is 1. The summed E-state index contributed by atoms with van der Waals surface area (Å²) >= 11 is 0. The van der Waals surface area contributed by atoms with Gasteiger partial charge in [-0.1, -0.05) is 36.4 Å². The van der Waals surface area contributed by atoms with Crippen molar-refractivity contribution in [1.29, 1.82) is 0 Å². The zero-order chi connectivity index (χ0) is 26.6. The van der Waals surface area contributed by atoms with E-state index in [4.69, 9.17) is 15.6 Å². The quantitative estimate of drug-likeness (QED) is 0.290. The van der Waals surface area contributed by atoms with Crippen molar-refractivity contribution in [3.63, 3.8) is 0 Å². The summed E-state index contributed by atoms with van der Waals surface area (Å²) in [6.45, 7) is 2.42. The van der Waals surface area contributed by atoms with Crippen LogP contribution in [0.3, 0.4) is 0 Å². The molecule has 0 bridgehead atoms. The number of amides is 1. The minimum Gasteiger partial charge on any atom is -0.475 e. The van der Waals surface area contributed by atoms with Crippen LogP contribution < -0.4 is 21.7 Å². The van der Waals surface area contributed by atoms with Gasteiger partial charge in [-0.25, -0.2) is 9.78 Å². The fourth-order valence-electron chi connectivity index (χ4n) is 2.81. The highest BCUT2D eigenvalue weighted by Gasteiger charge is 2.38. The van der Waals surface area contributed by atoms with Crippen LogP contribution in [-0.2, 0) is 9.59 Å². The molecule has 36 heavy (non-hydrogen) atoms. The summed E-state index contributed by atoms with van der Waals surface area (Å²) < 4.78 is 31.7. The van der Waals surface area contributed by atoms with E-state index < -0.39 is 18.2 Å². The zero-order valence-electron chi connectivity index (χ0n) is 19.4. The van der Waals surface area contributed by atoms with E-state index in [-0.39, 0.29) is 5.91 Å².